The highest BCUT2D eigenvalue weighted by Gasteiger charge is 2.22. The second-order valence-electron chi connectivity index (χ2n) is 8.77. The fraction of sp³-hybridized carbons (Fsp3) is 0.207. The maximum absolute atomic E-state index is 13.3. The number of ether oxygens (including phenoxy) is 1. The van der Waals surface area contributed by atoms with Crippen LogP contribution in [0.15, 0.2) is 85.1 Å². The SMILES string of the molecule is COc1ccccc1-c1nn(Cc2ccccc2)cc1C(=O)NCc1ccc(N2CCCC2=O)cc1. The minimum atomic E-state index is -0.214. The molecule has 182 valence electrons. The zero-order valence-corrected chi connectivity index (χ0v) is 20.2. The van der Waals surface area contributed by atoms with Gasteiger partial charge in [0.25, 0.3) is 5.91 Å². The fourth-order valence-corrected chi connectivity index (χ4v) is 4.47. The van der Waals surface area contributed by atoms with Crippen LogP contribution < -0.4 is 15.0 Å². The number of hydrogen-bond donors (Lipinski definition) is 1. The largest absolute Gasteiger partial charge is 0.496 e. The lowest BCUT2D eigenvalue weighted by atomic mass is 10.1. The first kappa shape index (κ1) is 23.4. The Morgan fingerprint density at radius 3 is 2.44 bits per heavy atom. The van der Waals surface area contributed by atoms with E-state index in [1.165, 1.54) is 0 Å². The molecular weight excluding hydrogens is 452 g/mol. The summed E-state index contributed by atoms with van der Waals surface area (Å²) >= 11 is 0. The van der Waals surface area contributed by atoms with Crippen LogP contribution in [0, 0.1) is 0 Å². The number of carbonyl (C=O) groups is 2. The standard InChI is InChI=1S/C29H28N4O3/c1-36-26-11-6-5-10-24(26)28-25(20-32(31-28)19-22-8-3-2-4-9-22)29(35)30-18-21-13-15-23(16-14-21)33-17-7-12-27(33)34/h2-6,8-11,13-16,20H,7,12,17-19H2,1H3,(H,30,35). The van der Waals surface area contributed by atoms with Gasteiger partial charge >= 0.3 is 0 Å². The summed E-state index contributed by atoms with van der Waals surface area (Å²) < 4.78 is 7.33. The van der Waals surface area contributed by atoms with Gasteiger partial charge in [0, 0.05) is 37.0 Å². The van der Waals surface area contributed by atoms with E-state index in [-0.39, 0.29) is 11.8 Å². The van der Waals surface area contributed by atoms with Gasteiger partial charge in [0.1, 0.15) is 11.4 Å². The summed E-state index contributed by atoms with van der Waals surface area (Å²) in [5, 5.41) is 7.79. The van der Waals surface area contributed by atoms with Crippen molar-refractivity contribution in [3.63, 3.8) is 0 Å². The van der Waals surface area contributed by atoms with Crippen LogP contribution in [-0.4, -0.2) is 35.2 Å². The lowest BCUT2D eigenvalue weighted by Crippen LogP contribution is -2.24. The third-order valence-corrected chi connectivity index (χ3v) is 6.33. The van der Waals surface area contributed by atoms with Gasteiger partial charge in [-0.2, -0.15) is 5.10 Å². The molecule has 36 heavy (non-hydrogen) atoms. The quantitative estimate of drug-likeness (QED) is 0.398. The van der Waals surface area contributed by atoms with Crippen LogP contribution in [0.4, 0.5) is 5.69 Å². The molecule has 1 N–H and O–H groups in total. The van der Waals surface area contributed by atoms with E-state index in [2.05, 4.69) is 5.32 Å². The Hall–Kier alpha value is -4.39. The average Bonchev–Trinajstić information content (AvgIpc) is 3.54. The van der Waals surface area contributed by atoms with E-state index in [4.69, 9.17) is 9.84 Å². The molecule has 7 heteroatoms. The van der Waals surface area contributed by atoms with E-state index in [1.54, 1.807) is 18.0 Å². The highest BCUT2D eigenvalue weighted by molar-refractivity contribution is 6.00. The highest BCUT2D eigenvalue weighted by Crippen LogP contribution is 2.31. The fourth-order valence-electron chi connectivity index (χ4n) is 4.47. The molecule has 0 spiro atoms. The number of anilines is 1. The molecule has 1 aliphatic heterocycles. The summed E-state index contributed by atoms with van der Waals surface area (Å²) in [4.78, 5) is 27.1. The second-order valence-corrected chi connectivity index (χ2v) is 8.77. The number of nitrogens with zero attached hydrogens (tertiary/aromatic N) is 3. The summed E-state index contributed by atoms with van der Waals surface area (Å²) in [6.45, 7) is 1.67. The van der Waals surface area contributed by atoms with Gasteiger partial charge in [-0.25, -0.2) is 0 Å². The van der Waals surface area contributed by atoms with Crippen molar-refractivity contribution in [1.29, 1.82) is 0 Å². The molecule has 0 atom stereocenters. The summed E-state index contributed by atoms with van der Waals surface area (Å²) in [7, 11) is 1.61. The Labute approximate surface area is 210 Å². The van der Waals surface area contributed by atoms with Crippen LogP contribution >= 0.6 is 0 Å². The molecule has 0 saturated carbocycles. The van der Waals surface area contributed by atoms with E-state index in [0.29, 0.717) is 36.5 Å². The minimum absolute atomic E-state index is 0.160. The van der Waals surface area contributed by atoms with E-state index in [1.807, 2.05) is 83.8 Å². The Kier molecular flexibility index (Phi) is 6.80. The number of amides is 2. The molecule has 5 rings (SSSR count). The van der Waals surface area contributed by atoms with Crippen LogP contribution in [0.3, 0.4) is 0 Å². The molecule has 2 heterocycles. The zero-order chi connectivity index (χ0) is 24.9. The van der Waals surface area contributed by atoms with Crippen molar-refractivity contribution in [3.05, 3.63) is 102 Å². The van der Waals surface area contributed by atoms with Gasteiger partial charge in [-0.1, -0.05) is 54.6 Å². The Bertz CT molecular complexity index is 1360. The highest BCUT2D eigenvalue weighted by atomic mass is 16.5. The van der Waals surface area contributed by atoms with Gasteiger partial charge in [-0.3, -0.25) is 14.3 Å². The maximum atomic E-state index is 13.3. The topological polar surface area (TPSA) is 76.5 Å². The molecule has 1 saturated heterocycles. The minimum Gasteiger partial charge on any atom is -0.496 e. The van der Waals surface area contributed by atoms with E-state index >= 15 is 0 Å². The number of nitrogens with one attached hydrogen (secondary N) is 1. The number of rotatable bonds is 8. The molecule has 7 nitrogen and oxygen atoms in total. The molecule has 1 aromatic heterocycles. The number of methoxy groups -OCH3 is 1. The molecule has 0 radical (unpaired) electrons. The van der Waals surface area contributed by atoms with Crippen molar-refractivity contribution in [2.45, 2.75) is 25.9 Å². The van der Waals surface area contributed by atoms with Gasteiger partial charge < -0.3 is 15.0 Å². The summed E-state index contributed by atoms with van der Waals surface area (Å²) in [5.41, 5.74) is 4.76. The smallest absolute Gasteiger partial charge is 0.255 e. The molecule has 2 amide bonds. The number of benzene rings is 3. The molecule has 1 fully saturated rings. The maximum Gasteiger partial charge on any atom is 0.255 e. The Morgan fingerprint density at radius 1 is 0.972 bits per heavy atom. The van der Waals surface area contributed by atoms with Crippen LogP contribution in [-0.2, 0) is 17.9 Å². The Balaban J connectivity index is 1.37. The number of para-hydroxylation sites is 1. The average molecular weight is 481 g/mol. The van der Waals surface area contributed by atoms with Crippen molar-refractivity contribution in [2.24, 2.45) is 0 Å². The monoisotopic (exact) mass is 480 g/mol. The van der Waals surface area contributed by atoms with E-state index in [9.17, 15) is 9.59 Å². The molecule has 0 unspecified atom stereocenters. The second kappa shape index (κ2) is 10.5. The Morgan fingerprint density at radius 2 is 1.72 bits per heavy atom. The summed E-state index contributed by atoms with van der Waals surface area (Å²) in [6, 6.07) is 25.3. The predicted octanol–water partition coefficient (Wildman–Crippen LogP) is 4.66. The van der Waals surface area contributed by atoms with Crippen molar-refractivity contribution >= 4 is 17.5 Å². The zero-order valence-electron chi connectivity index (χ0n) is 20.2. The van der Waals surface area contributed by atoms with Gasteiger partial charge in [0.15, 0.2) is 0 Å². The third kappa shape index (κ3) is 5.00. The lowest BCUT2D eigenvalue weighted by Gasteiger charge is -2.16. The normalized spacial score (nSPS) is 13.1. The first-order valence-corrected chi connectivity index (χ1v) is 12.0. The number of carbonyl (C=O) groups excluding carboxylic acids is 2. The lowest BCUT2D eigenvalue weighted by molar-refractivity contribution is -0.117. The van der Waals surface area contributed by atoms with Gasteiger partial charge in [0.05, 0.1) is 19.2 Å². The third-order valence-electron chi connectivity index (χ3n) is 6.33. The van der Waals surface area contributed by atoms with Crippen molar-refractivity contribution in [2.75, 3.05) is 18.6 Å². The first-order valence-electron chi connectivity index (χ1n) is 12.0. The molecule has 0 aliphatic carbocycles. The van der Waals surface area contributed by atoms with Crippen molar-refractivity contribution < 1.29 is 14.3 Å². The molecular formula is C29H28N4O3. The summed E-state index contributed by atoms with van der Waals surface area (Å²) in [5.74, 6) is 0.602. The predicted molar refractivity (Wildman–Crippen MR) is 139 cm³/mol. The number of hydrogen-bond acceptors (Lipinski definition) is 4. The van der Waals surface area contributed by atoms with E-state index in [0.717, 1.165) is 35.3 Å². The molecule has 3 aromatic carbocycles. The van der Waals surface area contributed by atoms with Gasteiger partial charge in [0.2, 0.25) is 5.91 Å². The van der Waals surface area contributed by atoms with E-state index < -0.39 is 0 Å². The van der Waals surface area contributed by atoms with Crippen LogP contribution in [0.1, 0.15) is 34.3 Å². The van der Waals surface area contributed by atoms with Crippen LogP contribution in [0.2, 0.25) is 0 Å². The van der Waals surface area contributed by atoms with Gasteiger partial charge in [-0.05, 0) is 41.8 Å². The molecule has 0 bridgehead atoms. The summed E-state index contributed by atoms with van der Waals surface area (Å²) in [6.07, 6.45) is 3.28. The number of aromatic nitrogens is 2. The first-order chi connectivity index (χ1) is 17.6. The van der Waals surface area contributed by atoms with Crippen LogP contribution in [0.5, 0.6) is 5.75 Å². The van der Waals surface area contributed by atoms with Gasteiger partial charge in [-0.15, -0.1) is 0 Å². The van der Waals surface area contributed by atoms with Crippen molar-refractivity contribution in [1.82, 2.24) is 15.1 Å². The van der Waals surface area contributed by atoms with Crippen molar-refractivity contribution in [3.8, 4) is 17.0 Å². The molecule has 4 aromatic rings. The van der Waals surface area contributed by atoms with Crippen LogP contribution in [0.25, 0.3) is 11.3 Å². The molecule has 1 aliphatic rings.